The molecule has 6 heteroatoms. The first-order valence-electron chi connectivity index (χ1n) is 7.89. The molecule has 0 unspecified atom stereocenters. The van der Waals surface area contributed by atoms with Crippen molar-refractivity contribution in [3.05, 3.63) is 52.0 Å². The predicted molar refractivity (Wildman–Crippen MR) is 103 cm³/mol. The molecule has 2 aromatic carbocycles. The van der Waals surface area contributed by atoms with Crippen molar-refractivity contribution in [1.82, 2.24) is 0 Å². The summed E-state index contributed by atoms with van der Waals surface area (Å²) in [6, 6.07) is 11.3. The molecule has 0 fully saturated rings. The largest absolute Gasteiger partial charge is 0.496 e. The molecule has 2 rings (SSSR count). The van der Waals surface area contributed by atoms with Crippen LogP contribution >= 0.6 is 15.9 Å². The Hall–Kier alpha value is -2.34. The van der Waals surface area contributed by atoms with Crippen molar-refractivity contribution in [2.24, 2.45) is 0 Å². The van der Waals surface area contributed by atoms with E-state index >= 15 is 0 Å². The first-order valence-corrected chi connectivity index (χ1v) is 8.69. The zero-order valence-electron chi connectivity index (χ0n) is 14.5. The van der Waals surface area contributed by atoms with E-state index in [-0.39, 0.29) is 11.8 Å². The van der Waals surface area contributed by atoms with Crippen LogP contribution in [0.4, 0.5) is 11.4 Å². The van der Waals surface area contributed by atoms with Crippen LogP contribution in [0.5, 0.6) is 5.75 Å². The summed E-state index contributed by atoms with van der Waals surface area (Å²) < 4.78 is 6.06. The highest BCUT2D eigenvalue weighted by Crippen LogP contribution is 2.26. The Kier molecular flexibility index (Phi) is 6.58. The minimum Gasteiger partial charge on any atom is -0.496 e. The minimum atomic E-state index is -0.178. The van der Waals surface area contributed by atoms with Crippen molar-refractivity contribution in [3.63, 3.8) is 0 Å². The zero-order valence-corrected chi connectivity index (χ0v) is 16.1. The first-order chi connectivity index (χ1) is 11.9. The second kappa shape index (κ2) is 8.67. The van der Waals surface area contributed by atoms with Crippen molar-refractivity contribution < 1.29 is 14.3 Å². The van der Waals surface area contributed by atoms with E-state index in [4.69, 9.17) is 4.74 Å². The van der Waals surface area contributed by atoms with Crippen LogP contribution in [-0.2, 0) is 16.0 Å². The minimum absolute atomic E-state index is 0.107. The van der Waals surface area contributed by atoms with Gasteiger partial charge in [0.15, 0.2) is 0 Å². The molecule has 0 spiro atoms. The molecular weight excluding hydrogens is 384 g/mol. The zero-order chi connectivity index (χ0) is 18.4. The van der Waals surface area contributed by atoms with E-state index in [1.165, 1.54) is 6.92 Å². The molecule has 0 aromatic heterocycles. The molecular formula is C19H21BrN2O3. The Morgan fingerprint density at radius 1 is 1.08 bits per heavy atom. The molecule has 2 amide bonds. The van der Waals surface area contributed by atoms with Gasteiger partial charge in [-0.3, -0.25) is 9.59 Å². The molecule has 0 bridgehead atoms. The molecule has 132 valence electrons. The van der Waals surface area contributed by atoms with Gasteiger partial charge in [-0.1, -0.05) is 12.1 Å². The number of aryl methyl sites for hydroxylation is 2. The second-order valence-corrected chi connectivity index (χ2v) is 6.60. The maximum Gasteiger partial charge on any atom is 0.224 e. The molecule has 5 nitrogen and oxygen atoms in total. The van der Waals surface area contributed by atoms with Crippen molar-refractivity contribution in [2.75, 3.05) is 17.7 Å². The van der Waals surface area contributed by atoms with Gasteiger partial charge in [0, 0.05) is 13.3 Å². The lowest BCUT2D eigenvalue weighted by Crippen LogP contribution is -2.15. The molecule has 0 aliphatic carbocycles. The highest BCUT2D eigenvalue weighted by molar-refractivity contribution is 9.10. The Balaban J connectivity index is 2.01. The van der Waals surface area contributed by atoms with Crippen molar-refractivity contribution >= 4 is 39.1 Å². The number of halogens is 1. The number of ether oxygens (including phenoxy) is 1. The maximum atomic E-state index is 12.3. The van der Waals surface area contributed by atoms with Gasteiger partial charge >= 0.3 is 0 Å². The third-order valence-corrected chi connectivity index (χ3v) is 4.24. The summed E-state index contributed by atoms with van der Waals surface area (Å²) in [4.78, 5) is 23.6. The van der Waals surface area contributed by atoms with E-state index < -0.39 is 0 Å². The van der Waals surface area contributed by atoms with Crippen LogP contribution in [0.2, 0.25) is 0 Å². The normalized spacial score (nSPS) is 10.2. The number of carbonyl (C=O) groups is 2. The maximum absolute atomic E-state index is 12.3. The SMILES string of the molecule is COc1ccc(CCC(=O)Nc2cc(C)ccc2NC(C)=O)cc1Br. The van der Waals surface area contributed by atoms with E-state index in [2.05, 4.69) is 26.6 Å². The summed E-state index contributed by atoms with van der Waals surface area (Å²) in [5.74, 6) is 0.472. The van der Waals surface area contributed by atoms with Crippen LogP contribution in [0.15, 0.2) is 40.9 Å². The molecule has 25 heavy (non-hydrogen) atoms. The fourth-order valence-electron chi connectivity index (χ4n) is 2.40. The van der Waals surface area contributed by atoms with Crippen LogP contribution in [0.3, 0.4) is 0 Å². The predicted octanol–water partition coefficient (Wildman–Crippen LogP) is 4.30. The van der Waals surface area contributed by atoms with E-state index in [1.54, 1.807) is 13.2 Å². The third kappa shape index (κ3) is 5.60. The second-order valence-electron chi connectivity index (χ2n) is 5.75. The average Bonchev–Trinajstić information content (AvgIpc) is 2.55. The summed E-state index contributed by atoms with van der Waals surface area (Å²) >= 11 is 3.44. The summed E-state index contributed by atoms with van der Waals surface area (Å²) in [6.45, 7) is 3.37. The number of hydrogen-bond acceptors (Lipinski definition) is 3. The van der Waals surface area contributed by atoms with E-state index in [0.29, 0.717) is 24.2 Å². The van der Waals surface area contributed by atoms with Crippen LogP contribution in [0.25, 0.3) is 0 Å². The number of nitrogens with one attached hydrogen (secondary N) is 2. The van der Waals surface area contributed by atoms with Gasteiger partial charge in [-0.2, -0.15) is 0 Å². The topological polar surface area (TPSA) is 67.4 Å². The standard InChI is InChI=1S/C19H21BrN2O3/c1-12-4-7-16(21-13(2)23)17(10-12)22-19(24)9-6-14-5-8-18(25-3)15(20)11-14/h4-5,7-8,10-11H,6,9H2,1-3H3,(H,21,23)(H,22,24). The van der Waals surface area contributed by atoms with Crippen LogP contribution in [-0.4, -0.2) is 18.9 Å². The number of anilines is 2. The summed E-state index contributed by atoms with van der Waals surface area (Å²) in [5, 5.41) is 5.60. The van der Waals surface area contributed by atoms with Gasteiger partial charge in [-0.25, -0.2) is 0 Å². The molecule has 0 atom stereocenters. The van der Waals surface area contributed by atoms with Gasteiger partial charge in [0.2, 0.25) is 11.8 Å². The Labute approximate surface area is 155 Å². The van der Waals surface area contributed by atoms with E-state index in [0.717, 1.165) is 21.3 Å². The lowest BCUT2D eigenvalue weighted by Gasteiger charge is -2.12. The molecule has 2 aromatic rings. The Morgan fingerprint density at radius 3 is 2.48 bits per heavy atom. The number of amides is 2. The van der Waals surface area contributed by atoms with Crippen LogP contribution < -0.4 is 15.4 Å². The number of rotatable bonds is 6. The lowest BCUT2D eigenvalue weighted by atomic mass is 10.1. The first kappa shape index (κ1) is 19.0. The molecule has 0 saturated carbocycles. The van der Waals surface area contributed by atoms with Crippen molar-refractivity contribution in [3.8, 4) is 5.75 Å². The fourth-order valence-corrected chi connectivity index (χ4v) is 2.98. The summed E-state index contributed by atoms with van der Waals surface area (Å²) in [6.07, 6.45) is 0.946. The number of benzene rings is 2. The monoisotopic (exact) mass is 404 g/mol. The number of hydrogen-bond donors (Lipinski definition) is 2. The van der Waals surface area contributed by atoms with Crippen LogP contribution in [0.1, 0.15) is 24.5 Å². The van der Waals surface area contributed by atoms with Gasteiger partial charge in [-0.05, 0) is 64.7 Å². The van der Waals surface area contributed by atoms with Gasteiger partial charge < -0.3 is 15.4 Å². The van der Waals surface area contributed by atoms with Crippen molar-refractivity contribution in [1.29, 1.82) is 0 Å². The van der Waals surface area contributed by atoms with Gasteiger partial charge in [0.05, 0.1) is 23.0 Å². The quantitative estimate of drug-likeness (QED) is 0.753. The van der Waals surface area contributed by atoms with Crippen LogP contribution in [0, 0.1) is 6.92 Å². The summed E-state index contributed by atoms with van der Waals surface area (Å²) in [5.41, 5.74) is 3.24. The number of carbonyl (C=O) groups excluding carboxylic acids is 2. The molecule has 0 heterocycles. The fraction of sp³-hybridized carbons (Fsp3) is 0.263. The highest BCUT2D eigenvalue weighted by Gasteiger charge is 2.10. The lowest BCUT2D eigenvalue weighted by molar-refractivity contribution is -0.116. The summed E-state index contributed by atoms with van der Waals surface area (Å²) in [7, 11) is 1.61. The smallest absolute Gasteiger partial charge is 0.224 e. The molecule has 0 aliphatic rings. The Morgan fingerprint density at radius 2 is 1.84 bits per heavy atom. The Bertz CT molecular complexity index is 790. The van der Waals surface area contributed by atoms with Gasteiger partial charge in [0.25, 0.3) is 0 Å². The van der Waals surface area contributed by atoms with Crippen molar-refractivity contribution in [2.45, 2.75) is 26.7 Å². The molecule has 0 saturated heterocycles. The highest BCUT2D eigenvalue weighted by atomic mass is 79.9. The van der Waals surface area contributed by atoms with Gasteiger partial charge in [0.1, 0.15) is 5.75 Å². The van der Waals surface area contributed by atoms with Gasteiger partial charge in [-0.15, -0.1) is 0 Å². The molecule has 0 aliphatic heterocycles. The van der Waals surface area contributed by atoms with E-state index in [1.807, 2.05) is 37.3 Å². The van der Waals surface area contributed by atoms with E-state index in [9.17, 15) is 9.59 Å². The molecule has 0 radical (unpaired) electrons. The number of methoxy groups -OCH3 is 1. The molecule has 2 N–H and O–H groups in total. The average molecular weight is 405 g/mol. The third-order valence-electron chi connectivity index (χ3n) is 3.62.